The zero-order chi connectivity index (χ0) is 22.7. The van der Waals surface area contributed by atoms with Gasteiger partial charge in [0.15, 0.2) is 17.3 Å². The van der Waals surface area contributed by atoms with E-state index in [1.54, 1.807) is 0 Å². The van der Waals surface area contributed by atoms with Gasteiger partial charge in [-0.3, -0.25) is 9.59 Å². The van der Waals surface area contributed by atoms with Crippen molar-refractivity contribution in [2.24, 2.45) is 0 Å². The van der Waals surface area contributed by atoms with Crippen LogP contribution in [0.5, 0.6) is 5.75 Å². The average Bonchev–Trinajstić information content (AvgIpc) is 3.07. The minimum absolute atomic E-state index is 0.0571. The highest BCUT2D eigenvalue weighted by atomic mass is 19.3. The Labute approximate surface area is 172 Å². The summed E-state index contributed by atoms with van der Waals surface area (Å²) in [5.41, 5.74) is 0.244. The lowest BCUT2D eigenvalue weighted by molar-refractivity contribution is -0.114. The Hall–Kier alpha value is -3.96. The van der Waals surface area contributed by atoms with Crippen LogP contribution < -0.4 is 15.4 Å². The predicted octanol–water partition coefficient (Wildman–Crippen LogP) is 3.67. The molecule has 0 atom stereocenters. The molecular weight excluding hydrogens is 422 g/mol. The Balaban J connectivity index is 1.85. The lowest BCUT2D eigenvalue weighted by atomic mass is 10.2. The molecule has 3 rings (SSSR count). The van der Waals surface area contributed by atoms with E-state index in [1.807, 2.05) is 0 Å². The first-order chi connectivity index (χ1) is 14.7. The van der Waals surface area contributed by atoms with Crippen molar-refractivity contribution in [3.8, 4) is 11.4 Å². The van der Waals surface area contributed by atoms with Gasteiger partial charge in [0.1, 0.15) is 5.75 Å². The Morgan fingerprint density at radius 2 is 1.61 bits per heavy atom. The largest absolute Gasteiger partial charge is 0.435 e. The van der Waals surface area contributed by atoms with Crippen LogP contribution in [0.1, 0.15) is 23.1 Å². The third-order valence-electron chi connectivity index (χ3n) is 4.04. The maximum Gasteiger partial charge on any atom is 0.387 e. The van der Waals surface area contributed by atoms with Gasteiger partial charge in [-0.1, -0.05) is 5.21 Å². The highest BCUT2D eigenvalue weighted by Gasteiger charge is 2.20. The second kappa shape index (κ2) is 8.81. The first-order valence-corrected chi connectivity index (χ1v) is 8.71. The number of halogens is 4. The second-order valence-corrected chi connectivity index (χ2v) is 6.25. The number of hydrogen-bond donors (Lipinski definition) is 2. The molecule has 3 aromatic rings. The van der Waals surface area contributed by atoms with Gasteiger partial charge >= 0.3 is 6.61 Å². The molecule has 162 valence electrons. The zero-order valence-electron chi connectivity index (χ0n) is 16.1. The molecule has 0 spiro atoms. The molecule has 0 aliphatic rings. The molecule has 0 saturated carbocycles. The third kappa shape index (κ3) is 4.97. The number of ether oxygens (including phenoxy) is 1. The number of carbonyl (C=O) groups excluding carboxylic acids is 2. The van der Waals surface area contributed by atoms with E-state index in [0.717, 1.165) is 12.1 Å². The quantitative estimate of drug-likeness (QED) is 0.574. The minimum Gasteiger partial charge on any atom is -0.435 e. The van der Waals surface area contributed by atoms with Crippen LogP contribution in [-0.4, -0.2) is 33.4 Å². The lowest BCUT2D eigenvalue weighted by Crippen LogP contribution is -2.17. The summed E-state index contributed by atoms with van der Waals surface area (Å²) in [7, 11) is 0. The van der Waals surface area contributed by atoms with Crippen LogP contribution >= 0.6 is 0 Å². The average molecular weight is 437 g/mol. The first-order valence-electron chi connectivity index (χ1n) is 8.71. The Morgan fingerprint density at radius 1 is 1.03 bits per heavy atom. The summed E-state index contributed by atoms with van der Waals surface area (Å²) in [6.45, 7) is -0.272. The Kier molecular flexibility index (Phi) is 6.18. The molecule has 0 saturated heterocycles. The van der Waals surface area contributed by atoms with E-state index in [9.17, 15) is 27.2 Å². The van der Waals surface area contributed by atoms with Crippen LogP contribution in [0.4, 0.5) is 28.9 Å². The van der Waals surface area contributed by atoms with Gasteiger partial charge < -0.3 is 15.4 Å². The van der Waals surface area contributed by atoms with Crippen molar-refractivity contribution in [2.45, 2.75) is 20.5 Å². The van der Waals surface area contributed by atoms with Gasteiger partial charge in [0.05, 0.1) is 22.8 Å². The number of aromatic nitrogens is 3. The van der Waals surface area contributed by atoms with E-state index in [0.29, 0.717) is 5.69 Å². The van der Waals surface area contributed by atoms with Gasteiger partial charge in [0.2, 0.25) is 5.91 Å². The van der Waals surface area contributed by atoms with Crippen molar-refractivity contribution in [1.29, 1.82) is 0 Å². The summed E-state index contributed by atoms with van der Waals surface area (Å²) >= 11 is 0. The molecule has 8 nitrogen and oxygen atoms in total. The standard InChI is InChI=1S/C19H15F4N5O3/c1-9-17(26-27-28(9)11-3-5-12(6-4-11)31-19(22)23)18(30)25-16-8-14(21)13(20)7-15(16)24-10(2)29/h3-8,19H,1-2H3,(H,24,29)(H,25,30). The molecule has 1 aromatic heterocycles. The predicted molar refractivity (Wildman–Crippen MR) is 101 cm³/mol. The van der Waals surface area contributed by atoms with Gasteiger partial charge in [-0.25, -0.2) is 13.5 Å². The van der Waals surface area contributed by atoms with Crippen molar-refractivity contribution in [3.63, 3.8) is 0 Å². The Morgan fingerprint density at radius 3 is 2.16 bits per heavy atom. The van der Waals surface area contributed by atoms with Crippen molar-refractivity contribution in [2.75, 3.05) is 10.6 Å². The molecule has 0 fully saturated rings. The molecule has 2 amide bonds. The number of alkyl halides is 2. The van der Waals surface area contributed by atoms with Crippen molar-refractivity contribution >= 4 is 23.2 Å². The van der Waals surface area contributed by atoms with E-state index in [1.165, 1.54) is 42.8 Å². The van der Waals surface area contributed by atoms with Crippen LogP contribution in [0.25, 0.3) is 5.69 Å². The van der Waals surface area contributed by atoms with E-state index in [-0.39, 0.29) is 28.5 Å². The fourth-order valence-corrected chi connectivity index (χ4v) is 2.68. The number of hydrogen-bond acceptors (Lipinski definition) is 5. The summed E-state index contributed by atoms with van der Waals surface area (Å²) in [5, 5.41) is 12.3. The molecule has 0 aliphatic carbocycles. The summed E-state index contributed by atoms with van der Waals surface area (Å²) in [6.07, 6.45) is 0. The summed E-state index contributed by atoms with van der Waals surface area (Å²) in [4.78, 5) is 23.9. The van der Waals surface area contributed by atoms with E-state index < -0.39 is 30.1 Å². The van der Waals surface area contributed by atoms with E-state index >= 15 is 0 Å². The van der Waals surface area contributed by atoms with Crippen LogP contribution in [0.15, 0.2) is 36.4 Å². The SMILES string of the molecule is CC(=O)Nc1cc(F)c(F)cc1NC(=O)c1nnn(-c2ccc(OC(F)F)cc2)c1C. The molecule has 12 heteroatoms. The van der Waals surface area contributed by atoms with Gasteiger partial charge in [0, 0.05) is 19.1 Å². The van der Waals surface area contributed by atoms with Crippen LogP contribution in [0.3, 0.4) is 0 Å². The van der Waals surface area contributed by atoms with E-state index in [2.05, 4.69) is 25.7 Å². The first kappa shape index (κ1) is 21.7. The minimum atomic E-state index is -2.96. The van der Waals surface area contributed by atoms with Crippen LogP contribution in [-0.2, 0) is 4.79 Å². The Bertz CT molecular complexity index is 1130. The summed E-state index contributed by atoms with van der Waals surface area (Å²) in [5.74, 6) is -3.83. The van der Waals surface area contributed by atoms with Crippen molar-refractivity contribution < 1.29 is 31.9 Å². The molecule has 0 unspecified atom stereocenters. The van der Waals surface area contributed by atoms with Gasteiger partial charge in [-0.15, -0.1) is 5.10 Å². The molecule has 2 aromatic carbocycles. The number of benzene rings is 2. The molecule has 0 aliphatic heterocycles. The monoisotopic (exact) mass is 437 g/mol. The maximum atomic E-state index is 13.6. The number of anilines is 2. The summed E-state index contributed by atoms with van der Waals surface area (Å²) in [6, 6.07) is 6.92. The number of nitrogens with one attached hydrogen (secondary N) is 2. The molecule has 0 radical (unpaired) electrons. The topological polar surface area (TPSA) is 98.1 Å². The summed E-state index contributed by atoms with van der Waals surface area (Å²) < 4.78 is 57.2. The number of amides is 2. The molecular formula is C19H15F4N5O3. The normalized spacial score (nSPS) is 10.8. The van der Waals surface area contributed by atoms with E-state index in [4.69, 9.17) is 0 Å². The van der Waals surface area contributed by atoms with Gasteiger partial charge in [-0.2, -0.15) is 8.78 Å². The number of rotatable bonds is 6. The lowest BCUT2D eigenvalue weighted by Gasteiger charge is -2.12. The zero-order valence-corrected chi connectivity index (χ0v) is 16.1. The van der Waals surface area contributed by atoms with Gasteiger partial charge in [0.25, 0.3) is 5.91 Å². The number of nitrogens with zero attached hydrogens (tertiary/aromatic N) is 3. The van der Waals surface area contributed by atoms with Crippen molar-refractivity contribution in [3.05, 3.63) is 59.4 Å². The second-order valence-electron chi connectivity index (χ2n) is 6.25. The molecule has 0 bridgehead atoms. The highest BCUT2D eigenvalue weighted by Crippen LogP contribution is 2.26. The van der Waals surface area contributed by atoms with Crippen LogP contribution in [0.2, 0.25) is 0 Å². The highest BCUT2D eigenvalue weighted by molar-refractivity contribution is 6.06. The number of carbonyl (C=O) groups is 2. The fourth-order valence-electron chi connectivity index (χ4n) is 2.68. The molecule has 31 heavy (non-hydrogen) atoms. The fraction of sp³-hybridized carbons (Fsp3) is 0.158. The molecule has 1 heterocycles. The van der Waals surface area contributed by atoms with Crippen LogP contribution in [0, 0.1) is 18.6 Å². The van der Waals surface area contributed by atoms with Crippen molar-refractivity contribution in [1.82, 2.24) is 15.0 Å². The smallest absolute Gasteiger partial charge is 0.387 e. The maximum absolute atomic E-state index is 13.6. The van der Waals surface area contributed by atoms with Gasteiger partial charge in [-0.05, 0) is 31.2 Å². The third-order valence-corrected chi connectivity index (χ3v) is 4.04. The molecule has 2 N–H and O–H groups in total.